The number of rotatable bonds is 16. The van der Waals surface area contributed by atoms with Gasteiger partial charge >= 0.3 is 11.9 Å². The first-order valence-corrected chi connectivity index (χ1v) is 14.2. The van der Waals surface area contributed by atoms with E-state index in [0.29, 0.717) is 12.0 Å². The molecule has 0 saturated carbocycles. The summed E-state index contributed by atoms with van der Waals surface area (Å²) in [5, 5.41) is 27.2. The van der Waals surface area contributed by atoms with Gasteiger partial charge in [-0.25, -0.2) is 4.79 Å². The third-order valence-corrected chi connectivity index (χ3v) is 7.47. The number of carboxylic acid groups (broad SMARTS) is 2. The molecule has 8 N–H and O–H groups in total. The summed E-state index contributed by atoms with van der Waals surface area (Å²) in [7, 11) is 0. The number of carbonyl (C=O) groups excluding carboxylic acids is 3. The molecule has 3 aromatic rings. The van der Waals surface area contributed by atoms with Crippen molar-refractivity contribution in [3.63, 3.8) is 0 Å². The number of aliphatic carboxylic acids is 2. The molecule has 2 aromatic carbocycles. The van der Waals surface area contributed by atoms with Crippen molar-refractivity contribution < 1.29 is 34.2 Å². The number of hydrogen-bond donors (Lipinski definition) is 7. The molecule has 3 rings (SSSR count). The number of nitrogens with one attached hydrogen (secondary N) is 4. The summed E-state index contributed by atoms with van der Waals surface area (Å²) in [6.45, 7) is 3.74. The molecule has 0 bridgehead atoms. The largest absolute Gasteiger partial charge is 0.481 e. The van der Waals surface area contributed by atoms with Crippen LogP contribution in [0.1, 0.15) is 44.2 Å². The van der Waals surface area contributed by atoms with E-state index in [1.54, 1.807) is 30.5 Å². The van der Waals surface area contributed by atoms with Crippen LogP contribution in [0.4, 0.5) is 0 Å². The highest BCUT2D eigenvalue weighted by Gasteiger charge is 2.32. The number of carboxylic acids is 2. The second kappa shape index (κ2) is 15.5. The molecular weight excluding hydrogens is 554 g/mol. The van der Waals surface area contributed by atoms with E-state index in [4.69, 9.17) is 10.8 Å². The first kappa shape index (κ1) is 32.8. The first-order chi connectivity index (χ1) is 20.5. The summed E-state index contributed by atoms with van der Waals surface area (Å²) in [6, 6.07) is 11.7. The Labute approximate surface area is 249 Å². The van der Waals surface area contributed by atoms with Crippen LogP contribution >= 0.6 is 0 Å². The van der Waals surface area contributed by atoms with E-state index in [1.807, 2.05) is 44.2 Å². The monoisotopic (exact) mass is 593 g/mol. The van der Waals surface area contributed by atoms with Crippen molar-refractivity contribution in [1.29, 1.82) is 0 Å². The summed E-state index contributed by atoms with van der Waals surface area (Å²) in [5.41, 5.74) is 8.39. The van der Waals surface area contributed by atoms with E-state index in [-0.39, 0.29) is 25.2 Å². The summed E-state index contributed by atoms with van der Waals surface area (Å²) in [4.78, 5) is 66.2. The predicted molar refractivity (Wildman–Crippen MR) is 160 cm³/mol. The highest BCUT2D eigenvalue weighted by atomic mass is 16.4. The molecule has 0 aliphatic carbocycles. The average molecular weight is 594 g/mol. The minimum atomic E-state index is -1.49. The molecule has 0 saturated heterocycles. The molecule has 12 heteroatoms. The summed E-state index contributed by atoms with van der Waals surface area (Å²) < 4.78 is 0. The molecule has 5 atom stereocenters. The molecule has 230 valence electrons. The Bertz CT molecular complexity index is 1420. The number of H-pyrrole nitrogens is 1. The van der Waals surface area contributed by atoms with E-state index >= 15 is 0 Å². The highest BCUT2D eigenvalue weighted by Crippen LogP contribution is 2.19. The van der Waals surface area contributed by atoms with Crippen LogP contribution in [-0.4, -0.2) is 69.0 Å². The van der Waals surface area contributed by atoms with Crippen molar-refractivity contribution >= 4 is 40.6 Å². The zero-order valence-electron chi connectivity index (χ0n) is 24.2. The number of amides is 3. The van der Waals surface area contributed by atoms with E-state index in [9.17, 15) is 29.1 Å². The molecule has 1 aromatic heterocycles. The minimum absolute atomic E-state index is 0.00869. The average Bonchev–Trinajstić information content (AvgIpc) is 3.40. The standard InChI is InChI=1S/C31H39N5O7/c1-3-18(2)27(32)30(41)36-24(15-19-9-5-4-6-10-19)28(39)35-25(16-20-17-33-22-12-8-7-11-21(20)22)29(40)34-23(31(42)43)13-14-26(37)38/h4-12,17-18,23-25,27,33H,3,13-16,32H2,1-2H3,(H,34,40)(H,35,39)(H,36,41)(H,37,38)(H,42,43). The zero-order chi connectivity index (χ0) is 31.5. The van der Waals surface area contributed by atoms with Crippen molar-refractivity contribution in [2.24, 2.45) is 11.7 Å². The Kier molecular flexibility index (Phi) is 11.8. The molecule has 1 heterocycles. The summed E-state index contributed by atoms with van der Waals surface area (Å²) in [5.74, 6) is -4.73. The number of hydrogen-bond acceptors (Lipinski definition) is 6. The second-order valence-electron chi connectivity index (χ2n) is 10.6. The number of aromatic amines is 1. The number of aromatic nitrogens is 1. The van der Waals surface area contributed by atoms with Gasteiger partial charge in [-0.15, -0.1) is 0 Å². The van der Waals surface area contributed by atoms with E-state index < -0.39 is 60.2 Å². The minimum Gasteiger partial charge on any atom is -0.481 e. The van der Waals surface area contributed by atoms with Gasteiger partial charge in [0.05, 0.1) is 6.04 Å². The summed E-state index contributed by atoms with van der Waals surface area (Å²) in [6.07, 6.45) is 1.64. The van der Waals surface area contributed by atoms with E-state index in [1.165, 1.54) is 0 Å². The molecule has 0 fully saturated rings. The quantitative estimate of drug-likeness (QED) is 0.130. The van der Waals surface area contributed by atoms with Crippen LogP contribution in [0.3, 0.4) is 0 Å². The van der Waals surface area contributed by atoms with Gasteiger partial charge in [-0.1, -0.05) is 68.8 Å². The molecule has 0 aliphatic heterocycles. The fraction of sp³-hybridized carbons (Fsp3) is 0.387. The normalized spacial score (nSPS) is 14.6. The predicted octanol–water partition coefficient (Wildman–Crippen LogP) is 1.73. The van der Waals surface area contributed by atoms with Gasteiger partial charge in [0.2, 0.25) is 17.7 Å². The van der Waals surface area contributed by atoms with Gasteiger partial charge in [0.25, 0.3) is 0 Å². The number of fused-ring (bicyclic) bond motifs is 1. The fourth-order valence-corrected chi connectivity index (χ4v) is 4.64. The first-order valence-electron chi connectivity index (χ1n) is 14.2. The lowest BCUT2D eigenvalue weighted by atomic mass is 9.98. The van der Waals surface area contributed by atoms with E-state index in [2.05, 4.69) is 20.9 Å². The molecule has 3 amide bonds. The third kappa shape index (κ3) is 9.40. The Balaban J connectivity index is 1.90. The number of carbonyl (C=O) groups is 5. The SMILES string of the molecule is CCC(C)C(N)C(=O)NC(Cc1ccccc1)C(=O)NC(Cc1c[nH]c2ccccc12)C(=O)NC(CCC(=O)O)C(=O)O. The Morgan fingerprint density at radius 2 is 1.40 bits per heavy atom. The van der Waals surface area contributed by atoms with Crippen LogP contribution in [0.25, 0.3) is 10.9 Å². The van der Waals surface area contributed by atoms with Crippen molar-refractivity contribution in [2.45, 2.75) is 70.1 Å². The highest BCUT2D eigenvalue weighted by molar-refractivity contribution is 5.95. The molecule has 12 nitrogen and oxygen atoms in total. The van der Waals surface area contributed by atoms with Gasteiger partial charge in [0.15, 0.2) is 0 Å². The Morgan fingerprint density at radius 3 is 2.02 bits per heavy atom. The van der Waals surface area contributed by atoms with Crippen LogP contribution in [0.15, 0.2) is 60.8 Å². The number of benzene rings is 2. The van der Waals surface area contributed by atoms with Gasteiger partial charge in [-0.05, 0) is 29.5 Å². The van der Waals surface area contributed by atoms with Crippen LogP contribution in [0.5, 0.6) is 0 Å². The number of para-hydroxylation sites is 1. The second-order valence-corrected chi connectivity index (χ2v) is 10.6. The van der Waals surface area contributed by atoms with Crippen molar-refractivity contribution in [1.82, 2.24) is 20.9 Å². The van der Waals surface area contributed by atoms with Crippen molar-refractivity contribution in [3.8, 4) is 0 Å². The maximum absolute atomic E-state index is 13.7. The smallest absolute Gasteiger partial charge is 0.326 e. The lowest BCUT2D eigenvalue weighted by Crippen LogP contribution is -2.58. The van der Waals surface area contributed by atoms with Gasteiger partial charge in [-0.2, -0.15) is 0 Å². The van der Waals surface area contributed by atoms with Gasteiger partial charge < -0.3 is 36.9 Å². The van der Waals surface area contributed by atoms with Crippen LogP contribution in [-0.2, 0) is 36.8 Å². The third-order valence-electron chi connectivity index (χ3n) is 7.47. The van der Waals surface area contributed by atoms with Gasteiger partial charge in [0, 0.05) is 36.4 Å². The molecule has 0 spiro atoms. The van der Waals surface area contributed by atoms with Crippen molar-refractivity contribution in [2.75, 3.05) is 0 Å². The van der Waals surface area contributed by atoms with E-state index in [0.717, 1.165) is 16.5 Å². The van der Waals surface area contributed by atoms with Gasteiger partial charge in [0.1, 0.15) is 18.1 Å². The molecule has 0 radical (unpaired) electrons. The lowest BCUT2D eigenvalue weighted by Gasteiger charge is -2.26. The van der Waals surface area contributed by atoms with Crippen LogP contribution in [0, 0.1) is 5.92 Å². The van der Waals surface area contributed by atoms with Crippen LogP contribution in [0.2, 0.25) is 0 Å². The fourth-order valence-electron chi connectivity index (χ4n) is 4.64. The van der Waals surface area contributed by atoms with Crippen LogP contribution < -0.4 is 21.7 Å². The van der Waals surface area contributed by atoms with Gasteiger partial charge in [-0.3, -0.25) is 19.2 Å². The number of nitrogens with two attached hydrogens (primary N) is 1. The Morgan fingerprint density at radius 1 is 0.814 bits per heavy atom. The molecule has 43 heavy (non-hydrogen) atoms. The lowest BCUT2D eigenvalue weighted by molar-refractivity contribution is -0.143. The maximum atomic E-state index is 13.7. The summed E-state index contributed by atoms with van der Waals surface area (Å²) >= 11 is 0. The topological polar surface area (TPSA) is 204 Å². The Hall–Kier alpha value is -4.71. The van der Waals surface area contributed by atoms with Crippen molar-refractivity contribution in [3.05, 3.63) is 71.9 Å². The molecule has 5 unspecified atom stereocenters. The molecule has 0 aliphatic rings. The molecular formula is C31H39N5O7. The zero-order valence-corrected chi connectivity index (χ0v) is 24.2. The maximum Gasteiger partial charge on any atom is 0.326 e.